The van der Waals surface area contributed by atoms with Gasteiger partial charge in [-0.15, -0.1) is 5.11 Å². The number of nitrogens with zero attached hydrogens (tertiary/aromatic N) is 2. The second-order valence-electron chi connectivity index (χ2n) is 4.56. The van der Waals surface area contributed by atoms with Gasteiger partial charge in [0, 0.05) is 11.1 Å². The van der Waals surface area contributed by atoms with E-state index in [1.807, 2.05) is 0 Å². The van der Waals surface area contributed by atoms with Crippen LogP contribution in [-0.2, 0) is 0 Å². The summed E-state index contributed by atoms with van der Waals surface area (Å²) in [6, 6.07) is 13.9. The molecule has 0 spiro atoms. The van der Waals surface area contributed by atoms with Crippen LogP contribution in [0.3, 0.4) is 0 Å². The van der Waals surface area contributed by atoms with E-state index in [9.17, 15) is 9.59 Å². The third kappa shape index (κ3) is 4.07. The van der Waals surface area contributed by atoms with Crippen LogP contribution < -0.4 is 5.43 Å². The zero-order valence-corrected chi connectivity index (χ0v) is 11.8. The molecule has 0 heterocycles. The van der Waals surface area contributed by atoms with Crippen LogP contribution in [0.25, 0.3) is 0 Å². The van der Waals surface area contributed by atoms with Gasteiger partial charge in [-0.3, -0.25) is 15.0 Å². The smallest absolute Gasteiger partial charge is 0.159 e. The van der Waals surface area contributed by atoms with Gasteiger partial charge in [0.05, 0.1) is 11.4 Å². The predicted octanol–water partition coefficient (Wildman–Crippen LogP) is 4.20. The Morgan fingerprint density at radius 3 is 2.19 bits per heavy atom. The highest BCUT2D eigenvalue weighted by Gasteiger charge is 2.00. The molecule has 0 aliphatic rings. The Labute approximate surface area is 122 Å². The Morgan fingerprint density at radius 2 is 1.52 bits per heavy atom. The molecule has 106 valence electrons. The molecule has 0 atom stereocenters. The van der Waals surface area contributed by atoms with Crippen LogP contribution in [0.2, 0.25) is 0 Å². The fraction of sp³-hybridized carbons (Fsp3) is 0.125. The molecule has 0 unspecified atom stereocenters. The minimum atomic E-state index is -0.0193. The van der Waals surface area contributed by atoms with Gasteiger partial charge in [-0.05, 0) is 38.1 Å². The van der Waals surface area contributed by atoms with E-state index >= 15 is 0 Å². The molecule has 0 aromatic heterocycles. The van der Waals surface area contributed by atoms with E-state index in [2.05, 4.69) is 15.8 Å². The maximum atomic E-state index is 11.3. The summed E-state index contributed by atoms with van der Waals surface area (Å²) in [6.07, 6.45) is 0. The van der Waals surface area contributed by atoms with Crippen LogP contribution in [0.5, 0.6) is 0 Å². The predicted molar refractivity (Wildman–Crippen MR) is 81.0 cm³/mol. The molecule has 2 aromatic carbocycles. The highest BCUT2D eigenvalue weighted by molar-refractivity contribution is 5.95. The molecular weight excluding hydrogens is 266 g/mol. The summed E-state index contributed by atoms with van der Waals surface area (Å²) in [6.45, 7) is 3.01. The number of anilines is 1. The van der Waals surface area contributed by atoms with Gasteiger partial charge in [0.2, 0.25) is 0 Å². The van der Waals surface area contributed by atoms with Gasteiger partial charge in [0.1, 0.15) is 0 Å². The zero-order chi connectivity index (χ0) is 15.2. The van der Waals surface area contributed by atoms with Crippen molar-refractivity contribution in [2.24, 2.45) is 10.3 Å². The summed E-state index contributed by atoms with van der Waals surface area (Å²) in [4.78, 5) is 22.6. The van der Waals surface area contributed by atoms with E-state index < -0.39 is 0 Å². The molecule has 2 aromatic rings. The maximum absolute atomic E-state index is 11.3. The molecule has 0 bridgehead atoms. The fourth-order valence-corrected chi connectivity index (χ4v) is 1.74. The first-order chi connectivity index (χ1) is 10.1. The molecule has 5 heteroatoms. The largest absolute Gasteiger partial charge is 0.295 e. The molecule has 0 saturated carbocycles. The standard InChI is InChI=1S/C16H15N3O2/c1-11(20)13-5-3-7-15(9-13)17-19-18-16-8-4-6-14(10-16)12(2)21/h3-10H,1-2H3,(H,17,18). The van der Waals surface area contributed by atoms with Crippen molar-refractivity contribution in [1.29, 1.82) is 0 Å². The van der Waals surface area contributed by atoms with E-state index in [1.54, 1.807) is 48.5 Å². The number of carbonyl (C=O) groups is 2. The lowest BCUT2D eigenvalue weighted by atomic mass is 10.1. The molecule has 0 aliphatic heterocycles. The van der Waals surface area contributed by atoms with Crippen molar-refractivity contribution in [2.45, 2.75) is 13.8 Å². The number of hydrogen-bond donors (Lipinski definition) is 1. The normalized spacial score (nSPS) is 10.6. The van der Waals surface area contributed by atoms with Crippen LogP contribution in [-0.4, -0.2) is 11.6 Å². The van der Waals surface area contributed by atoms with Gasteiger partial charge in [0.25, 0.3) is 0 Å². The Kier molecular flexibility index (Phi) is 4.56. The highest BCUT2D eigenvalue weighted by Crippen LogP contribution is 2.16. The zero-order valence-electron chi connectivity index (χ0n) is 11.8. The van der Waals surface area contributed by atoms with Crippen molar-refractivity contribution < 1.29 is 9.59 Å². The summed E-state index contributed by atoms with van der Waals surface area (Å²) < 4.78 is 0. The number of nitrogens with one attached hydrogen (secondary N) is 1. The minimum Gasteiger partial charge on any atom is -0.295 e. The summed E-state index contributed by atoms with van der Waals surface area (Å²) in [5.41, 5.74) is 5.21. The number of Topliss-reactive ketones (excluding diaryl/α,β-unsaturated/α-hetero) is 2. The Hall–Kier alpha value is -2.82. The van der Waals surface area contributed by atoms with Crippen LogP contribution >= 0.6 is 0 Å². The molecule has 0 fully saturated rings. The van der Waals surface area contributed by atoms with Crippen molar-refractivity contribution in [3.05, 3.63) is 59.7 Å². The Morgan fingerprint density at radius 1 is 0.905 bits per heavy atom. The lowest BCUT2D eigenvalue weighted by molar-refractivity contribution is 0.100. The third-order valence-electron chi connectivity index (χ3n) is 2.87. The molecule has 0 amide bonds. The first kappa shape index (κ1) is 14.6. The number of carbonyl (C=O) groups excluding carboxylic acids is 2. The number of hydrogen-bond acceptors (Lipinski definition) is 4. The van der Waals surface area contributed by atoms with Crippen molar-refractivity contribution in [2.75, 3.05) is 5.43 Å². The van der Waals surface area contributed by atoms with Crippen molar-refractivity contribution in [3.8, 4) is 0 Å². The first-order valence-electron chi connectivity index (χ1n) is 6.45. The van der Waals surface area contributed by atoms with E-state index in [0.717, 1.165) is 0 Å². The van der Waals surface area contributed by atoms with Crippen LogP contribution in [0.1, 0.15) is 34.6 Å². The van der Waals surface area contributed by atoms with E-state index in [-0.39, 0.29) is 11.6 Å². The average Bonchev–Trinajstić information content (AvgIpc) is 2.48. The summed E-state index contributed by atoms with van der Waals surface area (Å²) in [5.74, 6) is -0.0288. The molecule has 1 N–H and O–H groups in total. The molecular formula is C16H15N3O2. The summed E-state index contributed by atoms with van der Waals surface area (Å²) in [5, 5.41) is 7.86. The molecule has 0 radical (unpaired) electrons. The van der Waals surface area contributed by atoms with Crippen LogP contribution in [0.4, 0.5) is 11.4 Å². The van der Waals surface area contributed by atoms with Crippen LogP contribution in [0, 0.1) is 0 Å². The third-order valence-corrected chi connectivity index (χ3v) is 2.87. The van der Waals surface area contributed by atoms with E-state index in [0.29, 0.717) is 22.5 Å². The van der Waals surface area contributed by atoms with Gasteiger partial charge in [0.15, 0.2) is 11.6 Å². The van der Waals surface area contributed by atoms with Crippen LogP contribution in [0.15, 0.2) is 58.9 Å². The molecule has 2 rings (SSSR count). The van der Waals surface area contributed by atoms with Gasteiger partial charge >= 0.3 is 0 Å². The van der Waals surface area contributed by atoms with E-state index in [1.165, 1.54) is 13.8 Å². The SMILES string of the molecule is CC(=O)c1cccc(N=NNc2cccc(C(C)=O)c2)c1. The summed E-state index contributed by atoms with van der Waals surface area (Å²) in [7, 11) is 0. The molecule has 5 nitrogen and oxygen atoms in total. The van der Waals surface area contributed by atoms with Gasteiger partial charge < -0.3 is 0 Å². The Balaban J connectivity index is 2.09. The molecule has 0 aliphatic carbocycles. The molecule has 21 heavy (non-hydrogen) atoms. The number of ketones is 2. The van der Waals surface area contributed by atoms with Gasteiger partial charge in [-0.25, -0.2) is 0 Å². The second-order valence-corrected chi connectivity index (χ2v) is 4.56. The quantitative estimate of drug-likeness (QED) is 0.507. The topological polar surface area (TPSA) is 70.9 Å². The second kappa shape index (κ2) is 6.56. The van der Waals surface area contributed by atoms with Crippen molar-refractivity contribution in [3.63, 3.8) is 0 Å². The van der Waals surface area contributed by atoms with Gasteiger partial charge in [-0.2, -0.15) is 0 Å². The number of benzene rings is 2. The summed E-state index contributed by atoms with van der Waals surface area (Å²) >= 11 is 0. The monoisotopic (exact) mass is 281 g/mol. The lowest BCUT2D eigenvalue weighted by Gasteiger charge is -2.01. The Bertz CT molecular complexity index is 708. The first-order valence-corrected chi connectivity index (χ1v) is 6.45. The average molecular weight is 281 g/mol. The van der Waals surface area contributed by atoms with Crippen molar-refractivity contribution >= 4 is 22.9 Å². The molecule has 0 saturated heterocycles. The number of rotatable bonds is 5. The minimum absolute atomic E-state index is 0.00949. The highest BCUT2D eigenvalue weighted by atomic mass is 16.1. The maximum Gasteiger partial charge on any atom is 0.159 e. The lowest BCUT2D eigenvalue weighted by Crippen LogP contribution is -1.94. The van der Waals surface area contributed by atoms with Crippen molar-refractivity contribution in [1.82, 2.24) is 0 Å². The van der Waals surface area contributed by atoms with E-state index in [4.69, 9.17) is 0 Å². The van der Waals surface area contributed by atoms with Gasteiger partial charge in [-0.1, -0.05) is 29.5 Å². The fourth-order valence-electron chi connectivity index (χ4n) is 1.74.